The summed E-state index contributed by atoms with van der Waals surface area (Å²) in [4.78, 5) is 14.6. The van der Waals surface area contributed by atoms with Gasteiger partial charge in [0.05, 0.1) is 23.7 Å². The van der Waals surface area contributed by atoms with E-state index in [1.807, 2.05) is 30.3 Å². The Hall–Kier alpha value is -2.93. The second-order valence-electron chi connectivity index (χ2n) is 10.4. The molecule has 2 aliphatic rings. The first kappa shape index (κ1) is 24.4. The summed E-state index contributed by atoms with van der Waals surface area (Å²) < 4.78 is 5.46. The normalized spacial score (nSPS) is 16.8. The number of pyridine rings is 2. The maximum Gasteiger partial charge on any atom is 0.213 e. The molecule has 0 spiro atoms. The second-order valence-corrected chi connectivity index (χ2v) is 10.8. The minimum Gasteiger partial charge on any atom is -0.507 e. The lowest BCUT2D eigenvalue weighted by Gasteiger charge is -2.21. The van der Waals surface area contributed by atoms with Gasteiger partial charge < -0.3 is 9.84 Å². The van der Waals surface area contributed by atoms with Gasteiger partial charge in [0, 0.05) is 47.1 Å². The van der Waals surface area contributed by atoms with Crippen molar-refractivity contribution in [1.29, 1.82) is 0 Å². The molecule has 1 N–H and O–H groups in total. The van der Waals surface area contributed by atoms with Gasteiger partial charge in [0.15, 0.2) is 0 Å². The lowest BCUT2D eigenvalue weighted by molar-refractivity contribution is 0.312. The molecule has 2 saturated heterocycles. The van der Waals surface area contributed by atoms with Crippen LogP contribution in [0.5, 0.6) is 11.6 Å². The van der Waals surface area contributed by atoms with Crippen LogP contribution in [0.2, 0.25) is 5.02 Å². The maximum absolute atomic E-state index is 11.3. The molecule has 6 nitrogen and oxygen atoms in total. The van der Waals surface area contributed by atoms with Crippen LogP contribution in [0.3, 0.4) is 0 Å². The number of hydrogen-bond donors (Lipinski definition) is 1. The molecule has 4 heterocycles. The van der Waals surface area contributed by atoms with E-state index in [-0.39, 0.29) is 0 Å². The molecule has 37 heavy (non-hydrogen) atoms. The third kappa shape index (κ3) is 5.11. The van der Waals surface area contributed by atoms with E-state index in [2.05, 4.69) is 21.9 Å². The van der Waals surface area contributed by atoms with Crippen LogP contribution >= 0.6 is 11.6 Å². The summed E-state index contributed by atoms with van der Waals surface area (Å²) in [6.07, 6.45) is 5.59. The Labute approximate surface area is 222 Å². The largest absolute Gasteiger partial charge is 0.507 e. The number of fused-ring (bicyclic) bond motifs is 2. The molecule has 7 heteroatoms. The molecule has 192 valence electrons. The van der Waals surface area contributed by atoms with Crippen LogP contribution in [0.25, 0.3) is 21.9 Å². The minimum absolute atomic E-state index is 0.457. The van der Waals surface area contributed by atoms with Gasteiger partial charge in [-0.3, -0.25) is 9.80 Å². The van der Waals surface area contributed by atoms with E-state index in [0.717, 1.165) is 77.9 Å². The molecular weight excluding hydrogens is 484 g/mol. The van der Waals surface area contributed by atoms with Crippen molar-refractivity contribution in [2.45, 2.75) is 45.2 Å². The number of nitrogens with zero attached hydrogens (tertiary/aromatic N) is 4. The average Bonchev–Trinajstić information content (AvgIpc) is 3.61. The van der Waals surface area contributed by atoms with Crippen LogP contribution in [0.4, 0.5) is 0 Å². The molecule has 6 rings (SSSR count). The van der Waals surface area contributed by atoms with Crippen molar-refractivity contribution >= 4 is 33.5 Å². The Morgan fingerprint density at radius 3 is 2.11 bits per heavy atom. The Morgan fingerprint density at radius 2 is 1.49 bits per heavy atom. The summed E-state index contributed by atoms with van der Waals surface area (Å²) in [6, 6.07) is 14.0. The lowest BCUT2D eigenvalue weighted by Crippen LogP contribution is -2.21. The number of benzene rings is 2. The SMILES string of the molecule is COc1ccc2nc3cc(Cl)ccc3c(Cc3cc(CN4CCCC4)c(O)c(CN4CCCC4)c3)c2n1. The number of ether oxygens (including phenoxy) is 1. The van der Waals surface area contributed by atoms with Crippen LogP contribution in [0.1, 0.15) is 47.9 Å². The van der Waals surface area contributed by atoms with Gasteiger partial charge >= 0.3 is 0 Å². The van der Waals surface area contributed by atoms with Gasteiger partial charge in [-0.25, -0.2) is 9.97 Å². The fourth-order valence-electron chi connectivity index (χ4n) is 5.89. The summed E-state index contributed by atoms with van der Waals surface area (Å²) in [7, 11) is 1.64. The Balaban J connectivity index is 1.47. The van der Waals surface area contributed by atoms with Gasteiger partial charge in [-0.2, -0.15) is 0 Å². The summed E-state index contributed by atoms with van der Waals surface area (Å²) in [6.45, 7) is 5.94. The van der Waals surface area contributed by atoms with E-state index in [0.29, 0.717) is 23.1 Å². The Bertz CT molecular complexity index is 1410. The van der Waals surface area contributed by atoms with Gasteiger partial charge in [0.1, 0.15) is 5.75 Å². The number of phenols is 1. The monoisotopic (exact) mass is 516 g/mol. The first-order chi connectivity index (χ1) is 18.1. The zero-order chi connectivity index (χ0) is 25.4. The van der Waals surface area contributed by atoms with Crippen molar-refractivity contribution in [3.63, 3.8) is 0 Å². The molecule has 0 unspecified atom stereocenters. The van der Waals surface area contributed by atoms with Crippen molar-refractivity contribution in [2.75, 3.05) is 33.3 Å². The summed E-state index contributed by atoms with van der Waals surface area (Å²) in [5, 5.41) is 13.0. The summed E-state index contributed by atoms with van der Waals surface area (Å²) in [5.74, 6) is 1.03. The van der Waals surface area contributed by atoms with E-state index in [4.69, 9.17) is 26.3 Å². The first-order valence-corrected chi connectivity index (χ1v) is 13.7. The third-order valence-electron chi connectivity index (χ3n) is 7.76. The zero-order valence-electron chi connectivity index (χ0n) is 21.3. The number of aromatic hydroxyl groups is 1. The number of phenolic OH excluding ortho intramolecular Hbond substituents is 1. The molecule has 4 aromatic rings. The molecule has 2 aromatic heterocycles. The van der Waals surface area contributed by atoms with Crippen LogP contribution in [-0.2, 0) is 19.5 Å². The third-order valence-corrected chi connectivity index (χ3v) is 8.00. The van der Waals surface area contributed by atoms with Gasteiger partial charge in [0.2, 0.25) is 5.88 Å². The molecule has 0 radical (unpaired) electrons. The van der Waals surface area contributed by atoms with Gasteiger partial charge in [-0.15, -0.1) is 0 Å². The van der Waals surface area contributed by atoms with Crippen molar-refractivity contribution in [1.82, 2.24) is 19.8 Å². The maximum atomic E-state index is 11.3. The molecule has 2 aliphatic heterocycles. The summed E-state index contributed by atoms with van der Waals surface area (Å²) >= 11 is 6.34. The van der Waals surface area contributed by atoms with E-state index in [1.165, 1.54) is 31.2 Å². The Kier molecular flexibility index (Phi) is 6.89. The first-order valence-electron chi connectivity index (χ1n) is 13.3. The summed E-state index contributed by atoms with van der Waals surface area (Å²) in [5.41, 5.74) is 6.82. The highest BCUT2D eigenvalue weighted by Crippen LogP contribution is 2.34. The number of hydrogen-bond acceptors (Lipinski definition) is 6. The van der Waals surface area contributed by atoms with Gasteiger partial charge in [-0.05, 0) is 81.2 Å². The number of halogens is 1. The molecular formula is C30H33ClN4O2. The molecule has 0 amide bonds. The van der Waals surface area contributed by atoms with Gasteiger partial charge in [-0.1, -0.05) is 29.8 Å². The highest BCUT2D eigenvalue weighted by Gasteiger charge is 2.21. The van der Waals surface area contributed by atoms with Crippen LogP contribution in [0, 0.1) is 0 Å². The van der Waals surface area contributed by atoms with Crippen LogP contribution in [-0.4, -0.2) is 58.2 Å². The fourth-order valence-corrected chi connectivity index (χ4v) is 6.06. The van der Waals surface area contributed by atoms with Crippen LogP contribution in [0.15, 0.2) is 42.5 Å². The fraction of sp³-hybridized carbons (Fsp3) is 0.400. The highest BCUT2D eigenvalue weighted by atomic mass is 35.5. The number of methoxy groups -OCH3 is 1. The van der Waals surface area contributed by atoms with E-state index in [9.17, 15) is 5.11 Å². The Morgan fingerprint density at radius 1 is 0.838 bits per heavy atom. The quantitative estimate of drug-likeness (QED) is 0.307. The van der Waals surface area contributed by atoms with Gasteiger partial charge in [0.25, 0.3) is 0 Å². The van der Waals surface area contributed by atoms with E-state index in [1.54, 1.807) is 7.11 Å². The van der Waals surface area contributed by atoms with Crippen LogP contribution < -0.4 is 4.74 Å². The minimum atomic E-state index is 0.457. The number of aromatic nitrogens is 2. The molecule has 2 fully saturated rings. The predicted molar refractivity (Wildman–Crippen MR) is 149 cm³/mol. The van der Waals surface area contributed by atoms with E-state index < -0.39 is 0 Å². The van der Waals surface area contributed by atoms with Crippen molar-refractivity contribution < 1.29 is 9.84 Å². The van der Waals surface area contributed by atoms with Crippen molar-refractivity contribution in [3.05, 3.63) is 69.7 Å². The van der Waals surface area contributed by atoms with Crippen molar-refractivity contribution in [3.8, 4) is 11.6 Å². The lowest BCUT2D eigenvalue weighted by atomic mass is 9.95. The number of rotatable bonds is 7. The van der Waals surface area contributed by atoms with Crippen molar-refractivity contribution in [2.24, 2.45) is 0 Å². The van der Waals surface area contributed by atoms with E-state index >= 15 is 0 Å². The standard InChI is InChI=1S/C30H33ClN4O2/c1-37-28-9-8-26-29(33-28)25(24-7-6-23(31)17-27(24)32-26)16-20-14-21(18-34-10-2-3-11-34)30(36)22(15-20)19-35-12-4-5-13-35/h6-9,14-15,17,36H,2-5,10-13,16,18-19H2,1H3. The average molecular weight is 517 g/mol. The topological polar surface area (TPSA) is 61.7 Å². The number of likely N-dealkylation sites (tertiary alicyclic amines) is 2. The molecule has 0 atom stereocenters. The highest BCUT2D eigenvalue weighted by molar-refractivity contribution is 6.31. The molecule has 0 bridgehead atoms. The zero-order valence-corrected chi connectivity index (χ0v) is 22.1. The molecule has 0 saturated carbocycles. The predicted octanol–water partition coefficient (Wildman–Crippen LogP) is 5.93. The second kappa shape index (κ2) is 10.4. The molecule has 2 aromatic carbocycles. The molecule has 0 aliphatic carbocycles. The smallest absolute Gasteiger partial charge is 0.213 e.